The van der Waals surface area contributed by atoms with Crippen molar-refractivity contribution >= 4 is 48.1 Å². The standard InChI is InChI=1S/C20H21.C18H17.C2H6Si.2ClH.Zr/c1-14(2)11-16-12-19-15(3)9-10-18(20(19)13-16)17-7-5-4-6-8-17;1-13(2)16-11-15-9-6-10-17(18(15)12-16)14-7-4-3-5-8-14;1-3-2;;;/h4-10,12-14H,11H2,1-3H3;3-13H,1-2H3;1-2H3;2*1H;/q2*-1;;;;+4/p-2. The quantitative estimate of drug-likeness (QED) is 0.123. The van der Waals surface area contributed by atoms with Gasteiger partial charge in [-0.05, 0) is 29.4 Å². The number of aryl methyl sites for hydroxylation is 1. The molecule has 4 heteroatoms. The Morgan fingerprint density at radius 2 is 1.23 bits per heavy atom. The van der Waals surface area contributed by atoms with Gasteiger partial charge in [0.15, 0.2) is 0 Å². The monoisotopic (exact) mass is 712 g/mol. The normalized spacial score (nSPS) is 10.4. The van der Waals surface area contributed by atoms with Crippen molar-refractivity contribution in [3.8, 4) is 22.3 Å². The fourth-order valence-corrected chi connectivity index (χ4v) is 5.42. The van der Waals surface area contributed by atoms with Crippen LogP contribution in [0, 0.1) is 12.8 Å². The van der Waals surface area contributed by atoms with Gasteiger partial charge in [-0.25, -0.2) is 0 Å². The number of rotatable bonds is 5. The zero-order chi connectivity index (χ0) is 32.1. The van der Waals surface area contributed by atoms with Gasteiger partial charge >= 0.3 is 37.9 Å². The molecule has 6 aromatic carbocycles. The van der Waals surface area contributed by atoms with Crippen molar-refractivity contribution in [2.75, 3.05) is 0 Å². The summed E-state index contributed by atoms with van der Waals surface area (Å²) in [6, 6.07) is 41.7. The second-order valence-corrected chi connectivity index (χ2v) is 16.5. The Morgan fingerprint density at radius 3 is 1.75 bits per heavy atom. The minimum absolute atomic E-state index is 0.584. The van der Waals surface area contributed by atoms with E-state index in [9.17, 15) is 0 Å². The van der Waals surface area contributed by atoms with Crippen LogP contribution in [0.2, 0.25) is 13.1 Å². The second kappa shape index (κ2) is 18.7. The Kier molecular flexibility index (Phi) is 15.4. The van der Waals surface area contributed by atoms with Crippen molar-refractivity contribution in [2.45, 2.75) is 60.1 Å². The van der Waals surface area contributed by atoms with Gasteiger partial charge in [0.05, 0.1) is 0 Å². The summed E-state index contributed by atoms with van der Waals surface area (Å²) >= 11 is -0.826. The average molecular weight is 715 g/mol. The van der Waals surface area contributed by atoms with Crippen molar-refractivity contribution < 1.29 is 20.8 Å². The Labute approximate surface area is 287 Å². The molecule has 0 aromatic heterocycles. The number of fused-ring (bicyclic) bond motifs is 2. The first-order valence-electron chi connectivity index (χ1n) is 15.3. The molecule has 0 aliphatic carbocycles. The van der Waals surface area contributed by atoms with Gasteiger partial charge in [-0.2, -0.15) is 12.1 Å². The van der Waals surface area contributed by atoms with Gasteiger partial charge in [0.2, 0.25) is 0 Å². The summed E-state index contributed by atoms with van der Waals surface area (Å²) in [5.41, 5.74) is 9.54. The van der Waals surface area contributed by atoms with E-state index in [1.807, 2.05) is 0 Å². The van der Waals surface area contributed by atoms with Crippen LogP contribution < -0.4 is 0 Å². The van der Waals surface area contributed by atoms with E-state index in [0.29, 0.717) is 11.8 Å². The molecule has 0 bridgehead atoms. The fourth-order valence-electron chi connectivity index (χ4n) is 5.42. The summed E-state index contributed by atoms with van der Waals surface area (Å²) in [6.07, 6.45) is 1.16. The van der Waals surface area contributed by atoms with Crippen molar-refractivity contribution in [3.63, 3.8) is 0 Å². The Balaban J connectivity index is 0.000000205. The van der Waals surface area contributed by atoms with Crippen LogP contribution in [0.3, 0.4) is 0 Å². The molecule has 226 valence electrons. The van der Waals surface area contributed by atoms with Crippen LogP contribution >= 0.6 is 17.0 Å². The van der Waals surface area contributed by atoms with Crippen LogP contribution in [0.5, 0.6) is 0 Å². The number of hydrogen-bond acceptors (Lipinski definition) is 0. The van der Waals surface area contributed by atoms with Crippen molar-refractivity contribution in [1.82, 2.24) is 0 Å². The molecule has 0 fully saturated rings. The molecule has 2 radical (unpaired) electrons. The third kappa shape index (κ3) is 10.1. The summed E-state index contributed by atoms with van der Waals surface area (Å²) < 4.78 is 0. The van der Waals surface area contributed by atoms with Gasteiger partial charge in [0, 0.05) is 9.52 Å². The zero-order valence-corrected chi connectivity index (χ0v) is 32.1. The molecule has 0 saturated carbocycles. The van der Waals surface area contributed by atoms with Gasteiger partial charge in [0.25, 0.3) is 0 Å². The van der Waals surface area contributed by atoms with Gasteiger partial charge in [0.1, 0.15) is 0 Å². The molecule has 6 aromatic rings. The number of hydrogen-bond donors (Lipinski definition) is 0. The van der Waals surface area contributed by atoms with Gasteiger partial charge in [-0.3, -0.25) is 0 Å². The first kappa shape index (κ1) is 36.3. The molecule has 0 aliphatic rings. The van der Waals surface area contributed by atoms with Gasteiger partial charge < -0.3 is 0 Å². The average Bonchev–Trinajstić information content (AvgIpc) is 3.64. The molecule has 0 nitrogen and oxygen atoms in total. The van der Waals surface area contributed by atoms with E-state index >= 15 is 0 Å². The van der Waals surface area contributed by atoms with E-state index < -0.39 is 20.8 Å². The Hall–Kier alpha value is -2.22. The van der Waals surface area contributed by atoms with E-state index in [1.165, 1.54) is 60.5 Å². The maximum absolute atomic E-state index is 4.93. The third-order valence-corrected chi connectivity index (χ3v) is 7.42. The second-order valence-electron chi connectivity index (χ2n) is 11.8. The summed E-state index contributed by atoms with van der Waals surface area (Å²) in [5, 5.41) is 5.52. The summed E-state index contributed by atoms with van der Waals surface area (Å²) in [7, 11) is 11.0. The van der Waals surface area contributed by atoms with E-state index in [1.54, 1.807) is 0 Å². The predicted molar refractivity (Wildman–Crippen MR) is 197 cm³/mol. The first-order chi connectivity index (χ1) is 21.2. The number of benzene rings is 4. The molecule has 0 heterocycles. The summed E-state index contributed by atoms with van der Waals surface area (Å²) in [6.45, 7) is 15.6. The van der Waals surface area contributed by atoms with E-state index in [4.69, 9.17) is 17.0 Å². The van der Waals surface area contributed by atoms with Gasteiger partial charge in [-0.15, -0.1) is 68.6 Å². The van der Waals surface area contributed by atoms with Crippen molar-refractivity contribution in [1.29, 1.82) is 0 Å². The van der Waals surface area contributed by atoms with Crippen LogP contribution in [-0.2, 0) is 27.3 Å². The van der Waals surface area contributed by atoms with Crippen LogP contribution in [0.25, 0.3) is 43.8 Å². The molecule has 0 atom stereocenters. The maximum atomic E-state index is 4.93. The molecule has 0 saturated heterocycles. The molecule has 0 aliphatic heterocycles. The predicted octanol–water partition coefficient (Wildman–Crippen LogP) is 13.2. The van der Waals surface area contributed by atoms with Crippen molar-refractivity contribution in [3.05, 3.63) is 132 Å². The van der Waals surface area contributed by atoms with Crippen molar-refractivity contribution in [2.24, 2.45) is 5.92 Å². The fraction of sp³-hybridized carbons (Fsp3) is 0.250. The van der Waals surface area contributed by atoms with E-state index in [0.717, 1.165) is 15.9 Å². The topological polar surface area (TPSA) is 0 Å². The SMILES string of the molecule is CC(C)c1cc2c(-c3ccccc3)cccc2[cH-]1.C[Si]C.Cc1ccc(-c2ccccc2)c2cc(CC(C)C)[cH-]c12.[Cl][Zr+2][Cl]. The Bertz CT molecular complexity index is 1680. The molecule has 0 amide bonds. The van der Waals surface area contributed by atoms with Gasteiger partial charge in [-0.1, -0.05) is 132 Å². The first-order valence-corrected chi connectivity index (χ1v) is 23.6. The van der Waals surface area contributed by atoms with Crippen LogP contribution in [0.4, 0.5) is 0 Å². The molecular formula is C40H44Cl2SiZr. The zero-order valence-electron chi connectivity index (χ0n) is 27.1. The molecule has 0 spiro atoms. The van der Waals surface area contributed by atoms with Crippen LogP contribution in [-0.4, -0.2) is 9.52 Å². The van der Waals surface area contributed by atoms with E-state index in [2.05, 4.69) is 163 Å². The van der Waals surface area contributed by atoms with E-state index in [-0.39, 0.29) is 0 Å². The van der Waals surface area contributed by atoms with Crippen LogP contribution in [0.1, 0.15) is 50.3 Å². The molecule has 44 heavy (non-hydrogen) atoms. The summed E-state index contributed by atoms with van der Waals surface area (Å²) in [4.78, 5) is 0. The third-order valence-electron chi connectivity index (χ3n) is 7.42. The molecule has 0 N–H and O–H groups in total. The summed E-state index contributed by atoms with van der Waals surface area (Å²) in [5.74, 6) is 1.29. The molecular weight excluding hydrogens is 671 g/mol. The molecule has 0 unspecified atom stereocenters. The Morgan fingerprint density at radius 1 is 0.682 bits per heavy atom. The minimum atomic E-state index is -0.826. The van der Waals surface area contributed by atoms with Crippen LogP contribution in [0.15, 0.2) is 115 Å². The number of halogens is 2. The molecule has 6 rings (SSSR count).